The van der Waals surface area contributed by atoms with Crippen molar-refractivity contribution in [3.05, 3.63) is 24.3 Å². The topological polar surface area (TPSA) is 79.8 Å². The summed E-state index contributed by atoms with van der Waals surface area (Å²) in [5.41, 5.74) is 0. The molecule has 1 heterocycles. The third-order valence-electron chi connectivity index (χ3n) is 3.30. The Morgan fingerprint density at radius 2 is 2.05 bits per heavy atom. The molecule has 1 saturated heterocycles. The Kier molecular flexibility index (Phi) is 7.28. The average molecular weight is 317 g/mol. The lowest BCUT2D eigenvalue weighted by Gasteiger charge is -2.30. The summed E-state index contributed by atoms with van der Waals surface area (Å²) in [6.07, 6.45) is 0.626. The minimum Gasteiger partial charge on any atom is -0.497 e. The Morgan fingerprint density at radius 1 is 1.33 bits per heavy atom. The first-order valence-corrected chi connectivity index (χ1v) is 6.67. The van der Waals surface area contributed by atoms with E-state index in [1.807, 2.05) is 18.2 Å². The standard InChI is InChI=1S/C14H20N2O4.ClH/c1-19-10-3-2-4-11(9-10)20-8-5-12-13(14(17)18)16-7-6-15-12;/h2-4,9,12-13,15-16H,5-8H2,1H3,(H,17,18);1H/t12-,13?;/m1./s1. The van der Waals surface area contributed by atoms with Crippen LogP contribution in [0.4, 0.5) is 0 Å². The van der Waals surface area contributed by atoms with Crippen LogP contribution in [0, 0.1) is 0 Å². The predicted octanol–water partition coefficient (Wildman–Crippen LogP) is 0.901. The second-order valence-corrected chi connectivity index (χ2v) is 4.65. The maximum atomic E-state index is 11.1. The van der Waals surface area contributed by atoms with E-state index in [4.69, 9.17) is 14.6 Å². The van der Waals surface area contributed by atoms with Crippen LogP contribution in [-0.4, -0.2) is 50.0 Å². The molecule has 1 aromatic carbocycles. The number of carboxylic acids is 1. The van der Waals surface area contributed by atoms with Gasteiger partial charge in [-0.15, -0.1) is 12.4 Å². The summed E-state index contributed by atoms with van der Waals surface area (Å²) >= 11 is 0. The molecule has 21 heavy (non-hydrogen) atoms. The minimum atomic E-state index is -0.830. The SMILES string of the molecule is COc1cccc(OCC[C@H]2NCCNC2C(=O)O)c1.Cl. The van der Waals surface area contributed by atoms with Crippen molar-refractivity contribution in [1.82, 2.24) is 10.6 Å². The normalized spacial score (nSPS) is 21.2. The molecule has 0 aliphatic carbocycles. The van der Waals surface area contributed by atoms with Crippen LogP contribution in [-0.2, 0) is 4.79 Å². The lowest BCUT2D eigenvalue weighted by molar-refractivity contribution is -0.140. The summed E-state index contributed by atoms with van der Waals surface area (Å²) in [5.74, 6) is 0.631. The predicted molar refractivity (Wildman–Crippen MR) is 81.6 cm³/mol. The van der Waals surface area contributed by atoms with E-state index in [9.17, 15) is 4.79 Å². The van der Waals surface area contributed by atoms with Crippen molar-refractivity contribution < 1.29 is 19.4 Å². The molecule has 1 aliphatic rings. The summed E-state index contributed by atoms with van der Waals surface area (Å²) in [7, 11) is 1.61. The fourth-order valence-electron chi connectivity index (χ4n) is 2.27. The van der Waals surface area contributed by atoms with Crippen LogP contribution in [0.1, 0.15) is 6.42 Å². The van der Waals surface area contributed by atoms with Gasteiger partial charge in [0.15, 0.2) is 0 Å². The van der Waals surface area contributed by atoms with Crippen molar-refractivity contribution in [3.8, 4) is 11.5 Å². The number of hydrogen-bond acceptors (Lipinski definition) is 5. The summed E-state index contributed by atoms with van der Waals surface area (Å²) in [4.78, 5) is 11.1. The van der Waals surface area contributed by atoms with E-state index in [0.717, 1.165) is 18.0 Å². The molecule has 1 aromatic rings. The van der Waals surface area contributed by atoms with Gasteiger partial charge in [0.05, 0.1) is 13.7 Å². The summed E-state index contributed by atoms with van der Waals surface area (Å²) in [6, 6.07) is 6.68. The Labute approximate surface area is 130 Å². The Balaban J connectivity index is 0.00000220. The molecule has 0 bridgehead atoms. The lowest BCUT2D eigenvalue weighted by atomic mass is 10.0. The second kappa shape index (κ2) is 8.71. The van der Waals surface area contributed by atoms with Crippen LogP contribution in [0.5, 0.6) is 11.5 Å². The zero-order valence-corrected chi connectivity index (χ0v) is 12.7. The summed E-state index contributed by atoms with van der Waals surface area (Å²) in [6.45, 7) is 1.90. The molecule has 0 spiro atoms. The first-order valence-electron chi connectivity index (χ1n) is 6.67. The fourth-order valence-corrected chi connectivity index (χ4v) is 2.27. The number of benzene rings is 1. The zero-order valence-electron chi connectivity index (χ0n) is 11.9. The first-order chi connectivity index (χ1) is 9.70. The zero-order chi connectivity index (χ0) is 14.4. The molecule has 3 N–H and O–H groups in total. The molecular weight excluding hydrogens is 296 g/mol. The number of carboxylic acid groups (broad SMARTS) is 1. The van der Waals surface area contributed by atoms with Gasteiger partial charge in [-0.3, -0.25) is 4.79 Å². The van der Waals surface area contributed by atoms with E-state index in [1.165, 1.54) is 0 Å². The van der Waals surface area contributed by atoms with E-state index >= 15 is 0 Å². The van der Waals surface area contributed by atoms with Crippen molar-refractivity contribution in [2.45, 2.75) is 18.5 Å². The average Bonchev–Trinajstić information content (AvgIpc) is 2.48. The van der Waals surface area contributed by atoms with Gasteiger partial charge < -0.3 is 25.2 Å². The van der Waals surface area contributed by atoms with Crippen molar-refractivity contribution in [2.75, 3.05) is 26.8 Å². The maximum absolute atomic E-state index is 11.1. The van der Waals surface area contributed by atoms with Gasteiger partial charge in [-0.1, -0.05) is 6.07 Å². The van der Waals surface area contributed by atoms with Crippen molar-refractivity contribution in [3.63, 3.8) is 0 Å². The Bertz CT molecular complexity index is 458. The molecule has 1 unspecified atom stereocenters. The molecule has 1 fully saturated rings. The second-order valence-electron chi connectivity index (χ2n) is 4.65. The fraction of sp³-hybridized carbons (Fsp3) is 0.500. The molecule has 1 aliphatic heterocycles. The molecule has 2 rings (SSSR count). The summed E-state index contributed by atoms with van der Waals surface area (Å²) in [5, 5.41) is 15.3. The molecular formula is C14H21ClN2O4. The third kappa shape index (κ3) is 5.08. The van der Waals surface area contributed by atoms with E-state index in [0.29, 0.717) is 19.6 Å². The number of carbonyl (C=O) groups is 1. The molecule has 0 saturated carbocycles. The minimum absolute atomic E-state index is 0. The number of methoxy groups -OCH3 is 1. The number of rotatable bonds is 6. The smallest absolute Gasteiger partial charge is 0.322 e. The lowest BCUT2D eigenvalue weighted by Crippen LogP contribution is -2.59. The van der Waals surface area contributed by atoms with Crippen molar-refractivity contribution in [1.29, 1.82) is 0 Å². The molecule has 7 heteroatoms. The molecule has 6 nitrogen and oxygen atoms in total. The van der Waals surface area contributed by atoms with Crippen LogP contribution in [0.3, 0.4) is 0 Å². The highest BCUT2D eigenvalue weighted by Gasteiger charge is 2.29. The van der Waals surface area contributed by atoms with Gasteiger partial charge in [-0.25, -0.2) is 0 Å². The van der Waals surface area contributed by atoms with Crippen LogP contribution < -0.4 is 20.1 Å². The highest BCUT2D eigenvalue weighted by molar-refractivity contribution is 5.85. The van der Waals surface area contributed by atoms with Crippen molar-refractivity contribution >= 4 is 18.4 Å². The Hall–Kier alpha value is -1.50. The highest BCUT2D eigenvalue weighted by atomic mass is 35.5. The largest absolute Gasteiger partial charge is 0.497 e. The van der Waals surface area contributed by atoms with Crippen LogP contribution in [0.15, 0.2) is 24.3 Å². The quantitative estimate of drug-likeness (QED) is 0.723. The number of nitrogens with one attached hydrogen (secondary N) is 2. The number of hydrogen-bond donors (Lipinski definition) is 3. The summed E-state index contributed by atoms with van der Waals surface area (Å²) < 4.78 is 10.8. The van der Waals surface area contributed by atoms with Gasteiger partial charge in [-0.05, 0) is 18.6 Å². The first kappa shape index (κ1) is 17.6. The van der Waals surface area contributed by atoms with Crippen LogP contribution >= 0.6 is 12.4 Å². The molecule has 0 radical (unpaired) electrons. The van der Waals surface area contributed by atoms with Crippen LogP contribution in [0.25, 0.3) is 0 Å². The van der Waals surface area contributed by atoms with Gasteiger partial charge in [-0.2, -0.15) is 0 Å². The van der Waals surface area contributed by atoms with Gasteiger partial charge in [0, 0.05) is 25.2 Å². The van der Waals surface area contributed by atoms with E-state index in [1.54, 1.807) is 13.2 Å². The highest BCUT2D eigenvalue weighted by Crippen LogP contribution is 2.19. The van der Waals surface area contributed by atoms with Gasteiger partial charge in [0.1, 0.15) is 17.5 Å². The van der Waals surface area contributed by atoms with Gasteiger partial charge in [0.2, 0.25) is 0 Å². The van der Waals surface area contributed by atoms with E-state index < -0.39 is 12.0 Å². The monoisotopic (exact) mass is 316 g/mol. The number of aliphatic carboxylic acids is 1. The van der Waals surface area contributed by atoms with E-state index in [2.05, 4.69) is 10.6 Å². The molecule has 0 amide bonds. The van der Waals surface area contributed by atoms with Gasteiger partial charge in [0.25, 0.3) is 0 Å². The molecule has 118 valence electrons. The van der Waals surface area contributed by atoms with Gasteiger partial charge >= 0.3 is 5.97 Å². The number of halogens is 1. The molecule has 2 atom stereocenters. The Morgan fingerprint density at radius 3 is 2.76 bits per heavy atom. The molecule has 0 aromatic heterocycles. The van der Waals surface area contributed by atoms with E-state index in [-0.39, 0.29) is 18.4 Å². The number of ether oxygens (including phenoxy) is 2. The van der Waals surface area contributed by atoms with Crippen molar-refractivity contribution in [2.24, 2.45) is 0 Å². The third-order valence-corrected chi connectivity index (χ3v) is 3.30. The maximum Gasteiger partial charge on any atom is 0.322 e. The number of piperazine rings is 1. The van der Waals surface area contributed by atoms with Crippen LogP contribution in [0.2, 0.25) is 0 Å².